The predicted molar refractivity (Wildman–Crippen MR) is 82.4 cm³/mol. The molecule has 1 aromatic carbocycles. The maximum atomic E-state index is 12.6. The lowest BCUT2D eigenvalue weighted by molar-refractivity contribution is -0.137. The monoisotopic (exact) mass is 356 g/mol. The number of benzene rings is 1. The Bertz CT molecular complexity index is 730. The molecule has 1 amide bonds. The topological polar surface area (TPSA) is 57.9 Å². The smallest absolute Gasteiger partial charge is 0.271 e. The molecule has 126 valence electrons. The van der Waals surface area contributed by atoms with E-state index < -0.39 is 17.6 Å². The molecule has 2 rings (SSSR count). The minimum Gasteiger partial charge on any atom is -0.271 e. The zero-order valence-corrected chi connectivity index (χ0v) is 13.2. The van der Waals surface area contributed by atoms with Gasteiger partial charge in [0.15, 0.2) is 0 Å². The molecule has 0 N–H and O–H groups in total. The number of hydrogen-bond donors (Lipinski definition) is 0. The zero-order valence-electron chi connectivity index (χ0n) is 12.5. The summed E-state index contributed by atoms with van der Waals surface area (Å²) in [5.74, 6) is -0.527. The van der Waals surface area contributed by atoms with E-state index >= 15 is 0 Å². The molecule has 0 atom stereocenters. The summed E-state index contributed by atoms with van der Waals surface area (Å²) >= 11 is 5.71. The first kappa shape index (κ1) is 17.9. The summed E-state index contributed by atoms with van der Waals surface area (Å²) in [7, 11) is 0. The molecule has 0 aliphatic rings. The summed E-state index contributed by atoms with van der Waals surface area (Å²) in [5.41, 5.74) is 0.271. The van der Waals surface area contributed by atoms with Crippen molar-refractivity contribution in [1.82, 2.24) is 4.98 Å². The summed E-state index contributed by atoms with van der Waals surface area (Å²) in [6, 6.07) is 7.65. The van der Waals surface area contributed by atoms with Crippen LogP contribution in [0.3, 0.4) is 0 Å². The van der Waals surface area contributed by atoms with Gasteiger partial charge in [-0.15, -0.1) is 0 Å². The van der Waals surface area contributed by atoms with Gasteiger partial charge < -0.3 is 0 Å². The van der Waals surface area contributed by atoms with E-state index in [2.05, 4.69) is 15.3 Å². The van der Waals surface area contributed by atoms with Crippen molar-refractivity contribution in [3.8, 4) is 0 Å². The van der Waals surface area contributed by atoms with E-state index in [-0.39, 0.29) is 6.54 Å². The van der Waals surface area contributed by atoms with Crippen molar-refractivity contribution in [2.45, 2.75) is 19.6 Å². The molecule has 1 heterocycles. The second-order valence-electron chi connectivity index (χ2n) is 4.80. The Kier molecular flexibility index (Phi) is 5.50. The molecule has 0 spiro atoms. The lowest BCUT2D eigenvalue weighted by Gasteiger charge is -2.18. The number of amides is 1. The fourth-order valence-corrected chi connectivity index (χ4v) is 1.90. The first-order valence-corrected chi connectivity index (χ1v) is 7.11. The molecule has 1 aromatic heterocycles. The SMILES string of the molecule is CC(=O)N=NN(Cc1ccc(Cl)nc1)c1ccc(C(F)(F)F)cc1. The van der Waals surface area contributed by atoms with Gasteiger partial charge in [0.1, 0.15) is 5.15 Å². The molecular formula is C15H12ClF3N4O. The summed E-state index contributed by atoms with van der Waals surface area (Å²) in [5, 5.41) is 8.81. The van der Waals surface area contributed by atoms with Gasteiger partial charge in [-0.25, -0.2) is 9.99 Å². The first-order chi connectivity index (χ1) is 11.3. The quantitative estimate of drug-likeness (QED) is 0.454. The van der Waals surface area contributed by atoms with Crippen LogP contribution in [-0.4, -0.2) is 10.9 Å². The van der Waals surface area contributed by atoms with E-state index in [1.807, 2.05) is 0 Å². The van der Waals surface area contributed by atoms with Crippen LogP contribution in [0.4, 0.5) is 18.9 Å². The second kappa shape index (κ2) is 7.39. The van der Waals surface area contributed by atoms with E-state index in [1.54, 1.807) is 12.1 Å². The number of carbonyl (C=O) groups excluding carboxylic acids is 1. The third-order valence-corrected chi connectivity index (χ3v) is 3.13. The maximum absolute atomic E-state index is 12.6. The molecule has 0 aliphatic heterocycles. The molecule has 0 bridgehead atoms. The first-order valence-electron chi connectivity index (χ1n) is 6.73. The van der Waals surface area contributed by atoms with Crippen LogP contribution in [0.15, 0.2) is 52.9 Å². The number of nitrogens with zero attached hydrogens (tertiary/aromatic N) is 4. The average molecular weight is 357 g/mol. The Morgan fingerprint density at radius 3 is 2.38 bits per heavy atom. The Balaban J connectivity index is 2.28. The van der Waals surface area contributed by atoms with Crippen LogP contribution in [0.25, 0.3) is 0 Å². The van der Waals surface area contributed by atoms with E-state index in [1.165, 1.54) is 30.3 Å². The number of anilines is 1. The highest BCUT2D eigenvalue weighted by atomic mass is 35.5. The molecule has 0 saturated carbocycles. The fraction of sp³-hybridized carbons (Fsp3) is 0.200. The van der Waals surface area contributed by atoms with Crippen molar-refractivity contribution in [2.75, 3.05) is 5.01 Å². The highest BCUT2D eigenvalue weighted by Crippen LogP contribution is 2.31. The normalized spacial score (nSPS) is 11.7. The standard InChI is InChI=1S/C15H12ClF3N4O/c1-10(24)21-22-23(9-11-2-7-14(16)20-8-11)13-5-3-12(4-6-13)15(17,18)19/h2-8H,9H2,1H3. The Labute approximate surface area is 140 Å². The highest BCUT2D eigenvalue weighted by molar-refractivity contribution is 6.29. The van der Waals surface area contributed by atoms with Crippen LogP contribution in [0, 0.1) is 0 Å². The minimum absolute atomic E-state index is 0.159. The molecule has 9 heteroatoms. The van der Waals surface area contributed by atoms with Gasteiger partial charge in [-0.2, -0.15) is 13.2 Å². The fourth-order valence-electron chi connectivity index (χ4n) is 1.79. The van der Waals surface area contributed by atoms with E-state index in [0.29, 0.717) is 16.4 Å². The van der Waals surface area contributed by atoms with Gasteiger partial charge in [-0.3, -0.25) is 4.79 Å². The molecule has 24 heavy (non-hydrogen) atoms. The largest absolute Gasteiger partial charge is 0.416 e. The molecular weight excluding hydrogens is 345 g/mol. The number of carbonyl (C=O) groups is 1. The number of hydrogen-bond acceptors (Lipinski definition) is 3. The van der Waals surface area contributed by atoms with Crippen molar-refractivity contribution < 1.29 is 18.0 Å². The number of rotatable bonds is 4. The number of aromatic nitrogens is 1. The van der Waals surface area contributed by atoms with Gasteiger partial charge in [0.2, 0.25) is 0 Å². The van der Waals surface area contributed by atoms with Crippen LogP contribution in [0.5, 0.6) is 0 Å². The lowest BCUT2D eigenvalue weighted by Crippen LogP contribution is -2.16. The molecule has 2 aromatic rings. The average Bonchev–Trinajstić information content (AvgIpc) is 2.52. The predicted octanol–water partition coefficient (Wildman–Crippen LogP) is 4.67. The summed E-state index contributed by atoms with van der Waals surface area (Å²) < 4.78 is 37.9. The molecule has 0 unspecified atom stereocenters. The summed E-state index contributed by atoms with van der Waals surface area (Å²) in [6.45, 7) is 1.38. The Morgan fingerprint density at radius 1 is 1.21 bits per heavy atom. The van der Waals surface area contributed by atoms with Crippen LogP contribution >= 0.6 is 11.6 Å². The third kappa shape index (κ3) is 5.02. The number of pyridine rings is 1. The molecule has 0 radical (unpaired) electrons. The van der Waals surface area contributed by atoms with E-state index in [4.69, 9.17) is 11.6 Å². The van der Waals surface area contributed by atoms with Crippen molar-refractivity contribution >= 4 is 23.2 Å². The van der Waals surface area contributed by atoms with Gasteiger partial charge in [0.05, 0.1) is 17.8 Å². The summed E-state index contributed by atoms with van der Waals surface area (Å²) in [4.78, 5) is 14.9. The third-order valence-electron chi connectivity index (χ3n) is 2.91. The van der Waals surface area contributed by atoms with Crippen LogP contribution in [-0.2, 0) is 17.5 Å². The zero-order chi connectivity index (χ0) is 17.7. The molecule has 0 saturated heterocycles. The Morgan fingerprint density at radius 2 is 1.88 bits per heavy atom. The van der Waals surface area contributed by atoms with Crippen LogP contribution < -0.4 is 5.01 Å². The summed E-state index contributed by atoms with van der Waals surface area (Å²) in [6.07, 6.45) is -2.92. The van der Waals surface area contributed by atoms with E-state index in [9.17, 15) is 18.0 Å². The van der Waals surface area contributed by atoms with Gasteiger partial charge in [-0.05, 0) is 35.9 Å². The van der Waals surface area contributed by atoms with Crippen molar-refractivity contribution in [1.29, 1.82) is 0 Å². The van der Waals surface area contributed by atoms with Crippen LogP contribution in [0.1, 0.15) is 18.1 Å². The van der Waals surface area contributed by atoms with Gasteiger partial charge in [-0.1, -0.05) is 28.0 Å². The molecule has 5 nitrogen and oxygen atoms in total. The van der Waals surface area contributed by atoms with Crippen LogP contribution in [0.2, 0.25) is 5.15 Å². The molecule has 0 fully saturated rings. The number of alkyl halides is 3. The van der Waals surface area contributed by atoms with Gasteiger partial charge in [0.25, 0.3) is 5.91 Å². The second-order valence-corrected chi connectivity index (χ2v) is 5.19. The van der Waals surface area contributed by atoms with Crippen molar-refractivity contribution in [3.63, 3.8) is 0 Å². The van der Waals surface area contributed by atoms with Gasteiger partial charge in [0, 0.05) is 13.1 Å². The lowest BCUT2D eigenvalue weighted by atomic mass is 10.2. The highest BCUT2D eigenvalue weighted by Gasteiger charge is 2.30. The van der Waals surface area contributed by atoms with Crippen molar-refractivity contribution in [2.24, 2.45) is 10.3 Å². The Hall–Kier alpha value is -2.48. The molecule has 0 aliphatic carbocycles. The maximum Gasteiger partial charge on any atom is 0.416 e. The van der Waals surface area contributed by atoms with Gasteiger partial charge >= 0.3 is 6.18 Å². The van der Waals surface area contributed by atoms with Crippen molar-refractivity contribution in [3.05, 3.63) is 58.9 Å². The number of halogens is 4. The van der Waals surface area contributed by atoms with E-state index in [0.717, 1.165) is 12.1 Å². The minimum atomic E-state index is -4.43.